The van der Waals surface area contributed by atoms with Crippen molar-refractivity contribution in [3.8, 4) is 17.2 Å². The number of nitriles is 1. The third-order valence-corrected chi connectivity index (χ3v) is 5.58. The molecular weight excluding hydrogens is 320 g/mol. The molecule has 1 aromatic heterocycles. The number of guanidine groups is 1. The lowest BCUT2D eigenvalue weighted by Crippen LogP contribution is -2.47. The van der Waals surface area contributed by atoms with Crippen LogP contribution in [0, 0.1) is 18.3 Å². The maximum Gasteiger partial charge on any atom is 0.231 e. The van der Waals surface area contributed by atoms with Crippen molar-refractivity contribution in [2.24, 2.45) is 10.7 Å². The van der Waals surface area contributed by atoms with Gasteiger partial charge in [-0.2, -0.15) is 5.26 Å². The molecule has 122 valence electrons. The molecule has 2 N–H and O–H groups in total. The fourth-order valence-corrected chi connectivity index (χ4v) is 3.77. The highest BCUT2D eigenvalue weighted by Crippen LogP contribution is 2.39. The number of benzene rings is 1. The topological polar surface area (TPSA) is 82.5 Å². The largest absolute Gasteiger partial charge is 0.369 e. The van der Waals surface area contributed by atoms with Gasteiger partial charge in [0.2, 0.25) is 5.91 Å². The molecule has 3 rings (SSSR count). The number of hydrogen-bond donors (Lipinski definition) is 1. The Balaban J connectivity index is 2.00. The summed E-state index contributed by atoms with van der Waals surface area (Å²) in [4.78, 5) is 19.0. The number of thiophene rings is 1. The van der Waals surface area contributed by atoms with Crippen molar-refractivity contribution in [2.75, 3.05) is 7.05 Å². The van der Waals surface area contributed by atoms with E-state index in [1.165, 1.54) is 4.90 Å². The molecule has 1 aliphatic rings. The lowest BCUT2D eigenvalue weighted by molar-refractivity contribution is -0.128. The minimum atomic E-state index is -0.640. The van der Waals surface area contributed by atoms with Crippen LogP contribution in [-0.4, -0.2) is 23.8 Å². The van der Waals surface area contributed by atoms with E-state index in [-0.39, 0.29) is 11.9 Å². The van der Waals surface area contributed by atoms with Crippen LogP contribution < -0.4 is 5.73 Å². The van der Waals surface area contributed by atoms with Gasteiger partial charge in [0.1, 0.15) is 5.54 Å². The molecule has 2 aromatic rings. The lowest BCUT2D eigenvalue weighted by Gasteiger charge is -2.32. The summed E-state index contributed by atoms with van der Waals surface area (Å²) < 4.78 is 0. The Bertz CT molecular complexity index is 893. The number of carbonyl (C=O) groups is 1. The van der Waals surface area contributed by atoms with Gasteiger partial charge in [0.25, 0.3) is 0 Å². The molecule has 0 fully saturated rings. The minimum Gasteiger partial charge on any atom is -0.369 e. The fraction of sp³-hybridized carbons (Fsp3) is 0.278. The van der Waals surface area contributed by atoms with E-state index >= 15 is 0 Å². The van der Waals surface area contributed by atoms with Crippen molar-refractivity contribution in [3.05, 3.63) is 45.6 Å². The Kier molecular flexibility index (Phi) is 3.90. The summed E-state index contributed by atoms with van der Waals surface area (Å²) in [6, 6.07) is 10.1. The van der Waals surface area contributed by atoms with Gasteiger partial charge in [0, 0.05) is 11.9 Å². The molecule has 1 atom stereocenters. The highest BCUT2D eigenvalue weighted by atomic mass is 32.1. The minimum absolute atomic E-state index is 0.0398. The standard InChI is InChI=1S/C18H18N4OS/c1-11-4-5-12(6-13(11)9-19)14-7-15(24-10-14)18(2)8-16(23)22(3)17(20)21-18/h4-7,10H,8H2,1-3H3,(H2,20,21). The number of aliphatic imine (C=N–C) groups is 1. The van der Waals surface area contributed by atoms with Crippen LogP contribution in [0.3, 0.4) is 0 Å². The van der Waals surface area contributed by atoms with Crippen LogP contribution >= 0.6 is 11.3 Å². The smallest absolute Gasteiger partial charge is 0.231 e. The van der Waals surface area contributed by atoms with Gasteiger partial charge in [-0.05, 0) is 48.1 Å². The van der Waals surface area contributed by atoms with Gasteiger partial charge in [0.05, 0.1) is 18.1 Å². The molecular formula is C18H18N4OS. The van der Waals surface area contributed by atoms with Crippen molar-refractivity contribution in [1.29, 1.82) is 5.26 Å². The first-order chi connectivity index (χ1) is 11.3. The average Bonchev–Trinajstić information content (AvgIpc) is 3.04. The second-order valence-corrected chi connectivity index (χ2v) is 7.13. The maximum atomic E-state index is 12.1. The van der Waals surface area contributed by atoms with Gasteiger partial charge in [-0.1, -0.05) is 12.1 Å². The van der Waals surface area contributed by atoms with E-state index in [9.17, 15) is 10.1 Å². The number of hydrogen-bond acceptors (Lipinski definition) is 5. The highest BCUT2D eigenvalue weighted by molar-refractivity contribution is 7.10. The summed E-state index contributed by atoms with van der Waals surface area (Å²) in [6.45, 7) is 3.85. The lowest BCUT2D eigenvalue weighted by atomic mass is 9.93. The van der Waals surface area contributed by atoms with E-state index in [1.54, 1.807) is 18.4 Å². The van der Waals surface area contributed by atoms with Crippen LogP contribution in [0.15, 0.2) is 34.6 Å². The van der Waals surface area contributed by atoms with E-state index in [0.717, 1.165) is 21.6 Å². The fourth-order valence-electron chi connectivity index (χ4n) is 2.74. The SMILES string of the molecule is Cc1ccc(-c2csc(C3(C)CC(=O)N(C)C(N)=N3)c2)cc1C#N. The second-order valence-electron chi connectivity index (χ2n) is 6.21. The van der Waals surface area contributed by atoms with Gasteiger partial charge in [0.15, 0.2) is 5.96 Å². The summed E-state index contributed by atoms with van der Waals surface area (Å²) >= 11 is 1.56. The summed E-state index contributed by atoms with van der Waals surface area (Å²) in [5.41, 5.74) is 8.87. The number of nitrogens with two attached hydrogens (primary N) is 1. The molecule has 1 amide bonds. The first-order valence-corrected chi connectivity index (χ1v) is 8.44. The molecule has 0 saturated heterocycles. The zero-order valence-corrected chi connectivity index (χ0v) is 14.6. The zero-order chi connectivity index (χ0) is 17.5. The van der Waals surface area contributed by atoms with Gasteiger partial charge in [-0.25, -0.2) is 4.99 Å². The van der Waals surface area contributed by atoms with Crippen LogP contribution in [0.25, 0.3) is 11.1 Å². The van der Waals surface area contributed by atoms with E-state index in [1.807, 2.05) is 43.5 Å². The van der Waals surface area contributed by atoms with Gasteiger partial charge in [-0.3, -0.25) is 9.69 Å². The molecule has 6 heteroatoms. The molecule has 0 saturated carbocycles. The van der Waals surface area contributed by atoms with Crippen molar-refractivity contribution in [3.63, 3.8) is 0 Å². The summed E-state index contributed by atoms with van der Waals surface area (Å²) in [5, 5.41) is 11.2. The monoisotopic (exact) mass is 338 g/mol. The first-order valence-electron chi connectivity index (χ1n) is 7.56. The molecule has 1 aromatic carbocycles. The Hall–Kier alpha value is -2.65. The van der Waals surface area contributed by atoms with Crippen molar-refractivity contribution in [2.45, 2.75) is 25.8 Å². The Morgan fingerprint density at radius 3 is 2.79 bits per heavy atom. The molecule has 24 heavy (non-hydrogen) atoms. The molecule has 0 spiro atoms. The van der Waals surface area contributed by atoms with E-state index in [0.29, 0.717) is 12.0 Å². The molecule has 2 heterocycles. The number of nitrogens with zero attached hydrogens (tertiary/aromatic N) is 3. The third-order valence-electron chi connectivity index (χ3n) is 4.40. The van der Waals surface area contributed by atoms with Crippen molar-refractivity contribution in [1.82, 2.24) is 4.90 Å². The molecule has 0 bridgehead atoms. The summed E-state index contributed by atoms with van der Waals surface area (Å²) in [5.74, 6) is 0.202. The highest BCUT2D eigenvalue weighted by Gasteiger charge is 2.37. The average molecular weight is 338 g/mol. The van der Waals surface area contributed by atoms with Crippen LogP contribution in [-0.2, 0) is 10.3 Å². The quantitative estimate of drug-likeness (QED) is 0.914. The third kappa shape index (κ3) is 2.68. The molecule has 5 nitrogen and oxygen atoms in total. The van der Waals surface area contributed by atoms with Crippen LogP contribution in [0.1, 0.15) is 29.3 Å². The first kappa shape index (κ1) is 16.2. The molecule has 0 radical (unpaired) electrons. The second kappa shape index (κ2) is 5.77. The zero-order valence-electron chi connectivity index (χ0n) is 13.8. The van der Waals surface area contributed by atoms with Gasteiger partial charge >= 0.3 is 0 Å². The summed E-state index contributed by atoms with van der Waals surface area (Å²) in [7, 11) is 1.64. The van der Waals surface area contributed by atoms with Crippen molar-refractivity contribution < 1.29 is 4.79 Å². The van der Waals surface area contributed by atoms with Crippen molar-refractivity contribution >= 4 is 23.2 Å². The van der Waals surface area contributed by atoms with E-state index < -0.39 is 5.54 Å². The Labute approximate surface area is 145 Å². The Morgan fingerprint density at radius 2 is 2.12 bits per heavy atom. The number of carbonyl (C=O) groups excluding carboxylic acids is 1. The van der Waals surface area contributed by atoms with Crippen LogP contribution in [0.4, 0.5) is 0 Å². The van der Waals surface area contributed by atoms with E-state index in [4.69, 9.17) is 5.73 Å². The van der Waals surface area contributed by atoms with Crippen LogP contribution in [0.2, 0.25) is 0 Å². The molecule has 0 aliphatic carbocycles. The van der Waals surface area contributed by atoms with Gasteiger partial charge in [-0.15, -0.1) is 11.3 Å². The predicted molar refractivity (Wildman–Crippen MR) is 95.6 cm³/mol. The number of amides is 1. The maximum absolute atomic E-state index is 12.1. The summed E-state index contributed by atoms with van der Waals surface area (Å²) in [6.07, 6.45) is 0.293. The number of rotatable bonds is 2. The normalized spacial score (nSPS) is 20.7. The molecule has 1 unspecified atom stereocenters. The van der Waals surface area contributed by atoms with E-state index in [2.05, 4.69) is 11.1 Å². The van der Waals surface area contributed by atoms with Crippen LogP contribution in [0.5, 0.6) is 0 Å². The predicted octanol–water partition coefficient (Wildman–Crippen LogP) is 2.99. The Morgan fingerprint density at radius 1 is 1.38 bits per heavy atom. The van der Waals surface area contributed by atoms with Gasteiger partial charge < -0.3 is 5.73 Å². The number of aryl methyl sites for hydroxylation is 1. The molecule has 1 aliphatic heterocycles.